The molecule has 16 heteroatoms. The van der Waals surface area contributed by atoms with Crippen molar-refractivity contribution >= 4 is 33.8 Å². The Morgan fingerprint density at radius 1 is 0.968 bits per heavy atom. The highest BCUT2D eigenvalue weighted by atomic mass is 16.6. The van der Waals surface area contributed by atoms with Crippen LogP contribution in [-0.2, 0) is 34.3 Å². The Hall–Kier alpha value is -5.10. The molecule has 1 spiro atoms. The number of para-hydroxylation sites is 1. The summed E-state index contributed by atoms with van der Waals surface area (Å²) in [6.07, 6.45) is 12.1. The van der Waals surface area contributed by atoms with Gasteiger partial charge in [0.05, 0.1) is 6.33 Å². The lowest BCUT2D eigenvalue weighted by Gasteiger charge is -2.56. The fraction of sp³-hybridized carbons (Fsp3) is 0.532. The molecular weight excluding hydrogens is 803 g/mol. The largest absolute Gasteiger partial charge is 0.504 e. The highest BCUT2D eigenvalue weighted by Crippen LogP contribution is 2.62. The van der Waals surface area contributed by atoms with E-state index in [0.717, 1.165) is 51.7 Å². The number of aliphatic hydroxyl groups is 3. The van der Waals surface area contributed by atoms with E-state index in [1.165, 1.54) is 72.6 Å². The van der Waals surface area contributed by atoms with Gasteiger partial charge in [0.1, 0.15) is 30.7 Å². The molecule has 3 aromatic heterocycles. The van der Waals surface area contributed by atoms with Crippen molar-refractivity contribution in [2.24, 2.45) is 5.92 Å². The second kappa shape index (κ2) is 16.2. The molecule has 1 saturated carbocycles. The maximum atomic E-state index is 12.5. The van der Waals surface area contributed by atoms with Gasteiger partial charge in [-0.2, -0.15) is 0 Å². The number of rotatable bonds is 10. The van der Waals surface area contributed by atoms with Crippen LogP contribution in [0.25, 0.3) is 22.1 Å². The number of imidazole rings is 1. The number of nitrogens with zero attached hydrogens (tertiary/aromatic N) is 7. The van der Waals surface area contributed by atoms with Crippen molar-refractivity contribution in [1.29, 1.82) is 0 Å². The molecule has 9 atom stereocenters. The molecule has 332 valence electrons. The number of fused-ring (bicyclic) bond motifs is 2. The maximum Gasteiger partial charge on any atom is 0.252 e. The monoisotopic (exact) mass is 859 g/mol. The number of hydrogen-bond acceptors (Lipinski definition) is 13. The Morgan fingerprint density at radius 2 is 1.81 bits per heavy atom. The summed E-state index contributed by atoms with van der Waals surface area (Å²) in [4.78, 5) is 30.8. The smallest absolute Gasteiger partial charge is 0.252 e. The van der Waals surface area contributed by atoms with Gasteiger partial charge in [0.2, 0.25) is 0 Å². The minimum Gasteiger partial charge on any atom is -0.504 e. The topological polar surface area (TPSA) is 196 Å². The number of aromatic nitrogens is 5. The van der Waals surface area contributed by atoms with Gasteiger partial charge in [-0.15, -0.1) is 0 Å². The van der Waals surface area contributed by atoms with Crippen molar-refractivity contribution in [3.63, 3.8) is 0 Å². The van der Waals surface area contributed by atoms with Gasteiger partial charge < -0.3 is 54.9 Å². The molecule has 0 radical (unpaired) electrons. The van der Waals surface area contributed by atoms with Gasteiger partial charge in [-0.05, 0) is 94.9 Å². The number of piperidine rings is 2. The van der Waals surface area contributed by atoms with Crippen molar-refractivity contribution in [3.8, 4) is 11.5 Å². The Kier molecular flexibility index (Phi) is 10.4. The Morgan fingerprint density at radius 3 is 2.65 bits per heavy atom. The normalized spacial score (nSPS) is 30.8. The molecule has 7 heterocycles. The van der Waals surface area contributed by atoms with E-state index in [9.17, 15) is 25.2 Å². The Labute approximate surface area is 365 Å². The third kappa shape index (κ3) is 6.97. The molecule has 3 saturated heterocycles. The molecule has 63 heavy (non-hydrogen) atoms. The number of phenolic OH excluding ortho intramolecular Hbond substituents is 1. The van der Waals surface area contributed by atoms with Crippen LogP contribution in [0.2, 0.25) is 0 Å². The van der Waals surface area contributed by atoms with Crippen LogP contribution in [0.15, 0.2) is 67.4 Å². The first-order chi connectivity index (χ1) is 30.7. The number of carbonyl (C=O) groups is 1. The summed E-state index contributed by atoms with van der Waals surface area (Å²) < 4.78 is 15.9. The summed E-state index contributed by atoms with van der Waals surface area (Å²) >= 11 is 0. The van der Waals surface area contributed by atoms with Crippen molar-refractivity contribution in [2.75, 3.05) is 45.1 Å². The molecular formula is C47H57N9O7. The van der Waals surface area contributed by atoms with Crippen LogP contribution in [0.3, 0.4) is 0 Å². The second-order valence-electron chi connectivity index (χ2n) is 18.6. The average Bonchev–Trinajstić information content (AvgIpc) is 3.58. The highest BCUT2D eigenvalue weighted by molar-refractivity contribution is 5.85. The van der Waals surface area contributed by atoms with Crippen LogP contribution in [-0.4, -0.2) is 143 Å². The van der Waals surface area contributed by atoms with E-state index in [2.05, 4.69) is 83.5 Å². The van der Waals surface area contributed by atoms with Gasteiger partial charge in [-0.25, -0.2) is 15.0 Å². The molecule has 5 aromatic rings. The number of hydrogen-bond donors (Lipinski definition) is 6. The zero-order valence-electron chi connectivity index (χ0n) is 35.6. The maximum absolute atomic E-state index is 12.5. The Balaban J connectivity index is 0.000000175. The average molecular weight is 860 g/mol. The fourth-order valence-electron chi connectivity index (χ4n) is 11.5. The first-order valence-electron chi connectivity index (χ1n) is 22.8. The van der Waals surface area contributed by atoms with Gasteiger partial charge in [-0.3, -0.25) is 9.36 Å². The summed E-state index contributed by atoms with van der Waals surface area (Å²) in [6.45, 7) is 6.09. The summed E-state index contributed by atoms with van der Waals surface area (Å²) in [5.41, 5.74) is 5.80. The van der Waals surface area contributed by atoms with Crippen LogP contribution in [0, 0.1) is 5.92 Å². The molecule has 12 rings (SSSR count). The third-order valence-electron chi connectivity index (χ3n) is 14.9. The number of nitrogens with one attached hydrogen (secondary N) is 2. The van der Waals surface area contributed by atoms with Crippen LogP contribution in [0.4, 0.5) is 5.82 Å². The van der Waals surface area contributed by atoms with Gasteiger partial charge in [-0.1, -0.05) is 42.8 Å². The summed E-state index contributed by atoms with van der Waals surface area (Å²) in [5, 5.41) is 49.4. The van der Waals surface area contributed by atoms with E-state index in [0.29, 0.717) is 41.2 Å². The van der Waals surface area contributed by atoms with E-state index in [1.807, 2.05) is 12.1 Å². The molecule has 4 fully saturated rings. The first kappa shape index (κ1) is 40.7. The summed E-state index contributed by atoms with van der Waals surface area (Å²) in [5.74, 6) is 1.35. The fourth-order valence-corrected chi connectivity index (χ4v) is 11.5. The lowest BCUT2D eigenvalue weighted by Crippen LogP contribution is -2.64. The van der Waals surface area contributed by atoms with Crippen molar-refractivity contribution < 1.29 is 34.7 Å². The first-order valence-corrected chi connectivity index (χ1v) is 22.8. The lowest BCUT2D eigenvalue weighted by molar-refractivity contribution is -0.137. The SMILES string of the molecule is CN1CC[C@]23c4c5ccc(O)c4O[C@H]2[C@@H](O)C=C[C@H]3[C@H]1C5.O=C(NC1CC1)[C@H]1O[C@@H](n2cnc3c(NCCc4cn(CCN5CCCCC5)c5ccccc45)ncnc32)[C@H](O)[C@@H]1O. The number of aliphatic hydroxyl groups excluding tert-OH is 3. The molecule has 1 amide bonds. The molecule has 6 N–H and O–H groups in total. The van der Waals surface area contributed by atoms with E-state index in [1.54, 1.807) is 10.6 Å². The third-order valence-corrected chi connectivity index (χ3v) is 14.9. The molecule has 16 nitrogen and oxygen atoms in total. The van der Waals surface area contributed by atoms with E-state index in [-0.39, 0.29) is 23.3 Å². The minimum absolute atomic E-state index is 0.121. The summed E-state index contributed by atoms with van der Waals surface area (Å²) in [6, 6.07) is 12.9. The number of anilines is 1. The number of amides is 1. The van der Waals surface area contributed by atoms with Crippen molar-refractivity contribution in [1.82, 2.24) is 39.2 Å². The lowest BCUT2D eigenvalue weighted by atomic mass is 9.53. The van der Waals surface area contributed by atoms with Crippen molar-refractivity contribution in [3.05, 3.63) is 84.1 Å². The van der Waals surface area contributed by atoms with Crippen LogP contribution in [0.1, 0.15) is 61.4 Å². The summed E-state index contributed by atoms with van der Waals surface area (Å²) in [7, 11) is 2.19. The van der Waals surface area contributed by atoms with Crippen LogP contribution >= 0.6 is 0 Å². The molecule has 4 aliphatic heterocycles. The molecule has 0 unspecified atom stereocenters. The number of likely N-dealkylation sites (N-methyl/N-ethyl adjacent to an activating group) is 1. The van der Waals surface area contributed by atoms with Gasteiger partial charge in [0, 0.05) is 65.7 Å². The number of benzene rings is 2. The zero-order valence-corrected chi connectivity index (χ0v) is 35.6. The van der Waals surface area contributed by atoms with Gasteiger partial charge in [0.25, 0.3) is 5.91 Å². The molecule has 7 aliphatic rings. The molecule has 3 aliphatic carbocycles. The van der Waals surface area contributed by atoms with E-state index >= 15 is 0 Å². The van der Waals surface area contributed by atoms with Crippen LogP contribution < -0.4 is 15.4 Å². The number of likely N-dealkylation sites (tertiary alicyclic amines) is 2. The zero-order chi connectivity index (χ0) is 43.0. The second-order valence-corrected chi connectivity index (χ2v) is 18.6. The quantitative estimate of drug-likeness (QED) is 0.112. The standard InChI is InChI=1S/C30H38N8O4.C17H19NO3/c39-24-25(40)30(42-26(24)29(41)35-20-8-9-20)38-18-34-23-27(32-17-33-28(23)38)31-11-10-19-16-37(22-7-3-2-6-21(19)22)15-14-36-12-4-1-5-13-36;1-18-7-6-17-10-3-5-13(20)16(17)21-15-12(19)4-2-9(14(15)17)8-11(10)18/h2-3,6-7,16-18,20,24-26,30,39-40H,1,4-5,8-15H2,(H,35,41)(H,31,32,33);2-5,10-11,13,16,19-20H,6-8H2,1H3/t24-,25+,26-,30+;10-,11+,13-,16-,17-/m00/s1. The number of phenols is 1. The minimum atomic E-state index is -1.35. The molecule has 2 bridgehead atoms. The van der Waals surface area contributed by atoms with Gasteiger partial charge >= 0.3 is 0 Å². The van der Waals surface area contributed by atoms with Crippen molar-refractivity contribution in [2.45, 2.75) is 112 Å². The predicted octanol–water partition coefficient (Wildman–Crippen LogP) is 3.02. The van der Waals surface area contributed by atoms with Gasteiger partial charge in [0.15, 0.2) is 40.8 Å². The van der Waals surface area contributed by atoms with Crippen LogP contribution in [0.5, 0.6) is 11.5 Å². The number of carbonyl (C=O) groups excluding carboxylic acids is 1. The highest BCUT2D eigenvalue weighted by Gasteiger charge is 2.64. The van der Waals surface area contributed by atoms with E-state index < -0.39 is 36.6 Å². The molecule has 2 aromatic carbocycles. The number of aromatic hydroxyl groups is 1. The number of ether oxygens (including phenoxy) is 2. The van der Waals surface area contributed by atoms with E-state index in [4.69, 9.17) is 9.47 Å². The predicted molar refractivity (Wildman–Crippen MR) is 234 cm³/mol. The Bertz CT molecular complexity index is 2550.